The molecule has 0 spiro atoms. The number of carbonyl (C=O) groups excluding carboxylic acids is 2. The first kappa shape index (κ1) is 18.7. The third-order valence-electron chi connectivity index (χ3n) is 3.68. The molecule has 1 fully saturated rings. The van der Waals surface area contributed by atoms with Crippen LogP contribution in [-0.4, -0.2) is 40.9 Å². The molecule has 0 aromatic carbocycles. The molecule has 0 aromatic rings. The molecule has 128 valence electrons. The summed E-state index contributed by atoms with van der Waals surface area (Å²) in [4.78, 5) is 24.3. The van der Waals surface area contributed by atoms with Gasteiger partial charge in [-0.2, -0.15) is 0 Å². The van der Waals surface area contributed by atoms with Crippen LogP contribution >= 0.6 is 0 Å². The molecule has 0 radical (unpaired) electrons. The van der Waals surface area contributed by atoms with E-state index < -0.39 is 23.8 Å². The standard InChI is InChI=1S/C16H30N2O4/c1-10(2)13(18-15(21)22-16(3,4)5)14(20)17-11-8-6-7-9-12(11)19/h10-13,19H,6-9H2,1-5H3,(H,17,20)(H,18,21)/t11?,12?,13-/m1/s1. The van der Waals surface area contributed by atoms with Crippen molar-refractivity contribution >= 4 is 12.0 Å². The fraction of sp³-hybridized carbons (Fsp3) is 0.875. The summed E-state index contributed by atoms with van der Waals surface area (Å²) in [6.45, 7) is 9.04. The second-order valence-corrected chi connectivity index (χ2v) is 7.33. The molecule has 0 saturated heterocycles. The molecule has 6 heteroatoms. The van der Waals surface area contributed by atoms with Gasteiger partial charge in [-0.25, -0.2) is 4.79 Å². The second kappa shape index (κ2) is 7.81. The molecule has 3 atom stereocenters. The average Bonchev–Trinajstić information content (AvgIpc) is 2.36. The van der Waals surface area contributed by atoms with Crippen LogP contribution in [-0.2, 0) is 9.53 Å². The maximum atomic E-state index is 12.4. The van der Waals surface area contributed by atoms with Crippen LogP contribution in [0.25, 0.3) is 0 Å². The first-order chi connectivity index (χ1) is 10.1. The van der Waals surface area contributed by atoms with Gasteiger partial charge in [0.15, 0.2) is 0 Å². The first-order valence-corrected chi connectivity index (χ1v) is 8.08. The number of hydrogen-bond acceptors (Lipinski definition) is 4. The summed E-state index contributed by atoms with van der Waals surface area (Å²) in [7, 11) is 0. The van der Waals surface area contributed by atoms with Crippen LogP contribution in [0.4, 0.5) is 4.79 Å². The van der Waals surface area contributed by atoms with Crippen molar-refractivity contribution in [2.45, 2.75) is 84.1 Å². The van der Waals surface area contributed by atoms with E-state index in [2.05, 4.69) is 10.6 Å². The monoisotopic (exact) mass is 314 g/mol. The molecular weight excluding hydrogens is 284 g/mol. The smallest absolute Gasteiger partial charge is 0.408 e. The minimum absolute atomic E-state index is 0.0757. The molecular formula is C16H30N2O4. The van der Waals surface area contributed by atoms with Gasteiger partial charge in [-0.05, 0) is 39.5 Å². The van der Waals surface area contributed by atoms with E-state index in [0.717, 1.165) is 19.3 Å². The molecule has 1 aliphatic rings. The zero-order valence-electron chi connectivity index (χ0n) is 14.3. The molecule has 1 aliphatic carbocycles. The van der Waals surface area contributed by atoms with Crippen LogP contribution in [0, 0.1) is 5.92 Å². The Bertz CT molecular complexity index is 390. The van der Waals surface area contributed by atoms with E-state index in [1.807, 2.05) is 13.8 Å². The molecule has 0 aromatic heterocycles. The van der Waals surface area contributed by atoms with Crippen LogP contribution in [0.2, 0.25) is 0 Å². The predicted octanol–water partition coefficient (Wildman–Crippen LogP) is 1.96. The lowest BCUT2D eigenvalue weighted by atomic mass is 9.92. The van der Waals surface area contributed by atoms with Crippen LogP contribution in [0.1, 0.15) is 60.3 Å². The minimum atomic E-state index is -0.677. The molecule has 1 saturated carbocycles. The Morgan fingerprint density at radius 2 is 1.77 bits per heavy atom. The molecule has 2 amide bonds. The Kier molecular flexibility index (Phi) is 6.66. The summed E-state index contributed by atoms with van der Waals surface area (Å²) in [5.41, 5.74) is -0.609. The van der Waals surface area contributed by atoms with Gasteiger partial charge < -0.3 is 20.5 Å². The third-order valence-corrected chi connectivity index (χ3v) is 3.68. The quantitative estimate of drug-likeness (QED) is 0.740. The summed E-state index contributed by atoms with van der Waals surface area (Å²) in [5.74, 6) is -0.347. The van der Waals surface area contributed by atoms with Crippen molar-refractivity contribution in [1.29, 1.82) is 0 Å². The van der Waals surface area contributed by atoms with Gasteiger partial charge >= 0.3 is 6.09 Å². The van der Waals surface area contributed by atoms with Gasteiger partial charge in [0.2, 0.25) is 5.91 Å². The predicted molar refractivity (Wildman–Crippen MR) is 84.4 cm³/mol. The van der Waals surface area contributed by atoms with E-state index in [4.69, 9.17) is 4.74 Å². The lowest BCUT2D eigenvalue weighted by Crippen LogP contribution is -2.55. The molecule has 6 nitrogen and oxygen atoms in total. The maximum absolute atomic E-state index is 12.4. The molecule has 22 heavy (non-hydrogen) atoms. The highest BCUT2D eigenvalue weighted by Crippen LogP contribution is 2.19. The van der Waals surface area contributed by atoms with E-state index in [9.17, 15) is 14.7 Å². The van der Waals surface area contributed by atoms with Gasteiger partial charge in [0.05, 0.1) is 12.1 Å². The van der Waals surface area contributed by atoms with E-state index in [0.29, 0.717) is 6.42 Å². The second-order valence-electron chi connectivity index (χ2n) is 7.33. The van der Waals surface area contributed by atoms with Crippen molar-refractivity contribution in [3.8, 4) is 0 Å². The van der Waals surface area contributed by atoms with Crippen molar-refractivity contribution in [3.63, 3.8) is 0 Å². The van der Waals surface area contributed by atoms with Crippen molar-refractivity contribution < 1.29 is 19.4 Å². The summed E-state index contributed by atoms with van der Waals surface area (Å²) in [5, 5.41) is 15.4. The van der Waals surface area contributed by atoms with E-state index in [-0.39, 0.29) is 17.9 Å². The summed E-state index contributed by atoms with van der Waals surface area (Å²) in [6, 6.07) is -0.910. The van der Waals surface area contributed by atoms with Gasteiger partial charge in [-0.1, -0.05) is 26.7 Å². The van der Waals surface area contributed by atoms with Gasteiger partial charge in [-0.3, -0.25) is 4.79 Å². The number of hydrogen-bond donors (Lipinski definition) is 3. The number of aliphatic hydroxyl groups excluding tert-OH is 1. The Labute approximate surface area is 133 Å². The fourth-order valence-electron chi connectivity index (χ4n) is 2.52. The van der Waals surface area contributed by atoms with Gasteiger partial charge in [0, 0.05) is 0 Å². The number of carbonyl (C=O) groups is 2. The van der Waals surface area contributed by atoms with Gasteiger partial charge in [-0.15, -0.1) is 0 Å². The SMILES string of the molecule is CC(C)[C@@H](NC(=O)OC(C)(C)C)C(=O)NC1CCCCC1O. The van der Waals surface area contributed by atoms with Crippen LogP contribution < -0.4 is 10.6 Å². The van der Waals surface area contributed by atoms with E-state index >= 15 is 0 Å². The highest BCUT2D eigenvalue weighted by atomic mass is 16.6. The number of alkyl carbamates (subject to hydrolysis) is 1. The fourth-order valence-corrected chi connectivity index (χ4v) is 2.52. The lowest BCUT2D eigenvalue weighted by Gasteiger charge is -2.31. The number of aliphatic hydroxyl groups is 1. The zero-order chi connectivity index (χ0) is 16.9. The normalized spacial score (nSPS) is 23.8. The van der Waals surface area contributed by atoms with Crippen LogP contribution in [0.5, 0.6) is 0 Å². The molecule has 3 N–H and O–H groups in total. The lowest BCUT2D eigenvalue weighted by molar-refractivity contribution is -0.126. The maximum Gasteiger partial charge on any atom is 0.408 e. The van der Waals surface area contributed by atoms with Crippen molar-refractivity contribution in [2.75, 3.05) is 0 Å². The Morgan fingerprint density at radius 3 is 2.27 bits per heavy atom. The Morgan fingerprint density at radius 1 is 1.18 bits per heavy atom. The first-order valence-electron chi connectivity index (χ1n) is 8.08. The highest BCUT2D eigenvalue weighted by molar-refractivity contribution is 5.86. The molecule has 0 heterocycles. The highest BCUT2D eigenvalue weighted by Gasteiger charge is 2.31. The Balaban J connectivity index is 2.61. The van der Waals surface area contributed by atoms with Crippen molar-refractivity contribution in [2.24, 2.45) is 5.92 Å². The number of rotatable bonds is 4. The molecule has 0 aliphatic heterocycles. The summed E-state index contributed by atoms with van der Waals surface area (Å²) < 4.78 is 5.20. The number of ether oxygens (including phenoxy) is 1. The van der Waals surface area contributed by atoms with Crippen molar-refractivity contribution in [3.05, 3.63) is 0 Å². The van der Waals surface area contributed by atoms with E-state index in [1.165, 1.54) is 0 Å². The Hall–Kier alpha value is -1.30. The van der Waals surface area contributed by atoms with Gasteiger partial charge in [0.25, 0.3) is 0 Å². The number of amides is 2. The topological polar surface area (TPSA) is 87.7 Å². The summed E-state index contributed by atoms with van der Waals surface area (Å²) in [6.07, 6.45) is 2.34. The van der Waals surface area contributed by atoms with E-state index in [1.54, 1.807) is 20.8 Å². The zero-order valence-corrected chi connectivity index (χ0v) is 14.3. The van der Waals surface area contributed by atoms with Crippen molar-refractivity contribution in [1.82, 2.24) is 10.6 Å². The number of nitrogens with one attached hydrogen (secondary N) is 2. The third kappa shape index (κ3) is 6.22. The molecule has 2 unspecified atom stereocenters. The van der Waals surface area contributed by atoms with Crippen LogP contribution in [0.15, 0.2) is 0 Å². The van der Waals surface area contributed by atoms with Crippen LogP contribution in [0.3, 0.4) is 0 Å². The molecule has 0 bridgehead atoms. The minimum Gasteiger partial charge on any atom is -0.444 e. The summed E-state index contributed by atoms with van der Waals surface area (Å²) >= 11 is 0. The average molecular weight is 314 g/mol. The molecule has 1 rings (SSSR count). The largest absolute Gasteiger partial charge is 0.444 e. The van der Waals surface area contributed by atoms with Gasteiger partial charge in [0.1, 0.15) is 11.6 Å².